The third-order valence-electron chi connectivity index (χ3n) is 4.65. The molecule has 1 N–H and O–H groups in total. The summed E-state index contributed by atoms with van der Waals surface area (Å²) in [5.74, 6) is -0.0648. The van der Waals surface area contributed by atoms with E-state index in [9.17, 15) is 9.90 Å². The van der Waals surface area contributed by atoms with E-state index in [1.54, 1.807) is 0 Å². The predicted molar refractivity (Wildman–Crippen MR) is 58.7 cm³/mol. The fourth-order valence-electron chi connectivity index (χ4n) is 3.69. The number of hydrogen-bond donors (Lipinski definition) is 1. The normalized spacial score (nSPS) is 44.7. The van der Waals surface area contributed by atoms with Crippen LogP contribution in [0.1, 0.15) is 39.5 Å². The molecule has 0 aromatic heterocycles. The molecule has 0 spiro atoms. The zero-order valence-electron chi connectivity index (χ0n) is 9.82. The van der Waals surface area contributed by atoms with Crippen molar-refractivity contribution < 1.29 is 14.6 Å². The van der Waals surface area contributed by atoms with E-state index in [1.807, 2.05) is 0 Å². The average molecular weight is 222 g/mol. The third kappa shape index (κ3) is 1.05. The van der Waals surface area contributed by atoms with Gasteiger partial charge in [-0.15, -0.1) is 0 Å². The summed E-state index contributed by atoms with van der Waals surface area (Å²) >= 11 is 0. The number of rotatable bonds is 0. The molecule has 2 aliphatic carbocycles. The molecule has 3 rings (SSSR count). The van der Waals surface area contributed by atoms with E-state index in [1.165, 1.54) is 0 Å². The minimum Gasteiger partial charge on any atom is -0.458 e. The summed E-state index contributed by atoms with van der Waals surface area (Å²) in [7, 11) is 0. The first-order valence-electron chi connectivity index (χ1n) is 6.08. The topological polar surface area (TPSA) is 46.5 Å². The van der Waals surface area contributed by atoms with Gasteiger partial charge in [0.1, 0.15) is 11.7 Å². The van der Waals surface area contributed by atoms with E-state index < -0.39 is 5.60 Å². The van der Waals surface area contributed by atoms with Crippen LogP contribution in [0.5, 0.6) is 0 Å². The minimum atomic E-state index is -0.915. The number of carbonyl (C=O) groups is 1. The number of carbonyl (C=O) groups excluding carboxylic acids is 1. The second-order valence-electron chi connectivity index (χ2n) is 5.97. The highest BCUT2D eigenvalue weighted by atomic mass is 16.6. The van der Waals surface area contributed by atoms with Crippen molar-refractivity contribution in [2.75, 3.05) is 0 Å². The molecule has 2 fully saturated rings. The van der Waals surface area contributed by atoms with E-state index in [-0.39, 0.29) is 23.4 Å². The van der Waals surface area contributed by atoms with Gasteiger partial charge >= 0.3 is 5.97 Å². The molecule has 0 aromatic carbocycles. The first-order valence-corrected chi connectivity index (χ1v) is 6.08. The van der Waals surface area contributed by atoms with E-state index in [4.69, 9.17) is 4.74 Å². The van der Waals surface area contributed by atoms with Gasteiger partial charge in [0.2, 0.25) is 0 Å². The van der Waals surface area contributed by atoms with Gasteiger partial charge in [0.05, 0.1) is 6.42 Å². The largest absolute Gasteiger partial charge is 0.458 e. The predicted octanol–water partition coefficient (Wildman–Crippen LogP) is 1.80. The van der Waals surface area contributed by atoms with Gasteiger partial charge in [-0.05, 0) is 24.8 Å². The Kier molecular flexibility index (Phi) is 1.87. The Morgan fingerprint density at radius 3 is 3.00 bits per heavy atom. The Bertz CT molecular complexity index is 383. The van der Waals surface area contributed by atoms with Gasteiger partial charge in [0.25, 0.3) is 0 Å². The Labute approximate surface area is 95.5 Å². The Morgan fingerprint density at radius 1 is 1.50 bits per heavy atom. The van der Waals surface area contributed by atoms with Crippen molar-refractivity contribution in [2.45, 2.75) is 51.2 Å². The zero-order chi connectivity index (χ0) is 11.6. The second kappa shape index (κ2) is 2.89. The summed E-state index contributed by atoms with van der Waals surface area (Å²) in [6, 6.07) is 0. The van der Waals surface area contributed by atoms with Crippen LogP contribution in [0.4, 0.5) is 0 Å². The molecule has 0 amide bonds. The van der Waals surface area contributed by atoms with Crippen LogP contribution in [0.3, 0.4) is 0 Å². The molecule has 0 radical (unpaired) electrons. The van der Waals surface area contributed by atoms with Crippen LogP contribution in [0.2, 0.25) is 0 Å². The lowest BCUT2D eigenvalue weighted by molar-refractivity contribution is -0.165. The molecule has 0 aromatic rings. The van der Waals surface area contributed by atoms with Crippen molar-refractivity contribution in [3.05, 3.63) is 11.6 Å². The van der Waals surface area contributed by atoms with Crippen molar-refractivity contribution in [1.82, 2.24) is 0 Å². The smallest absolute Gasteiger partial charge is 0.306 e. The maximum absolute atomic E-state index is 11.3. The van der Waals surface area contributed by atoms with E-state index >= 15 is 0 Å². The molecular formula is C13H18O3. The lowest BCUT2D eigenvalue weighted by Gasteiger charge is -2.48. The van der Waals surface area contributed by atoms with Crippen LogP contribution in [-0.4, -0.2) is 22.8 Å². The molecule has 3 heteroatoms. The van der Waals surface area contributed by atoms with Crippen molar-refractivity contribution in [3.8, 4) is 0 Å². The van der Waals surface area contributed by atoms with Crippen LogP contribution in [0.25, 0.3) is 0 Å². The van der Waals surface area contributed by atoms with Gasteiger partial charge in [-0.2, -0.15) is 0 Å². The Hall–Kier alpha value is -0.830. The van der Waals surface area contributed by atoms with Gasteiger partial charge in [-0.3, -0.25) is 4.79 Å². The number of hydrogen-bond acceptors (Lipinski definition) is 3. The molecule has 1 saturated carbocycles. The molecule has 1 heterocycles. The SMILES string of the molecule is CC1(C)CCCC2=C[C@@H]3CC(=O)O[C@H]3[C@@]21O. The average Bonchev–Trinajstić information content (AvgIpc) is 2.65. The summed E-state index contributed by atoms with van der Waals surface area (Å²) in [6.45, 7) is 4.16. The standard InChI is InChI=1S/C13H18O3/c1-12(2)5-3-4-9-6-8-7-10(14)16-11(8)13(9,12)15/h6,8,11,15H,3-5,7H2,1-2H3/t8-,11-,13+/m1/s1. The molecular weight excluding hydrogens is 204 g/mol. The highest BCUT2D eigenvalue weighted by Crippen LogP contribution is 2.56. The molecule has 16 heavy (non-hydrogen) atoms. The summed E-state index contributed by atoms with van der Waals surface area (Å²) in [6.07, 6.45) is 5.26. The summed E-state index contributed by atoms with van der Waals surface area (Å²) in [5, 5.41) is 11.0. The highest BCUT2D eigenvalue weighted by molar-refractivity contribution is 5.74. The van der Waals surface area contributed by atoms with Crippen LogP contribution < -0.4 is 0 Å². The molecule has 1 aliphatic heterocycles. The van der Waals surface area contributed by atoms with E-state index in [2.05, 4.69) is 19.9 Å². The molecule has 1 saturated heterocycles. The Balaban J connectivity index is 2.06. The van der Waals surface area contributed by atoms with E-state index in [0.717, 1.165) is 24.8 Å². The van der Waals surface area contributed by atoms with Gasteiger partial charge in [-0.25, -0.2) is 0 Å². The number of aliphatic hydroxyl groups is 1. The van der Waals surface area contributed by atoms with Gasteiger partial charge in [0.15, 0.2) is 0 Å². The lowest BCUT2D eigenvalue weighted by atomic mass is 9.62. The summed E-state index contributed by atoms with van der Waals surface area (Å²) < 4.78 is 5.35. The first kappa shape index (κ1) is 10.3. The van der Waals surface area contributed by atoms with Crippen LogP contribution in [0, 0.1) is 11.3 Å². The highest BCUT2D eigenvalue weighted by Gasteiger charge is 2.62. The number of fused-ring (bicyclic) bond motifs is 3. The van der Waals surface area contributed by atoms with Gasteiger partial charge in [0, 0.05) is 11.3 Å². The molecule has 3 nitrogen and oxygen atoms in total. The fraction of sp³-hybridized carbons (Fsp3) is 0.769. The quantitative estimate of drug-likeness (QED) is 0.502. The fourth-order valence-corrected chi connectivity index (χ4v) is 3.69. The van der Waals surface area contributed by atoms with Crippen molar-refractivity contribution in [3.63, 3.8) is 0 Å². The molecule has 88 valence electrons. The van der Waals surface area contributed by atoms with Gasteiger partial charge in [-0.1, -0.05) is 19.9 Å². The number of esters is 1. The molecule has 3 aliphatic rings. The third-order valence-corrected chi connectivity index (χ3v) is 4.65. The zero-order valence-corrected chi connectivity index (χ0v) is 9.82. The maximum Gasteiger partial charge on any atom is 0.306 e. The second-order valence-corrected chi connectivity index (χ2v) is 5.97. The van der Waals surface area contributed by atoms with Crippen LogP contribution >= 0.6 is 0 Å². The summed E-state index contributed by atoms with van der Waals surface area (Å²) in [5.41, 5.74) is -0.00493. The molecule has 0 unspecified atom stereocenters. The van der Waals surface area contributed by atoms with Crippen molar-refractivity contribution in [1.29, 1.82) is 0 Å². The first-order chi connectivity index (χ1) is 7.45. The lowest BCUT2D eigenvalue weighted by Crippen LogP contribution is -2.55. The number of ether oxygens (including phenoxy) is 1. The molecule has 3 atom stereocenters. The van der Waals surface area contributed by atoms with E-state index in [0.29, 0.717) is 6.42 Å². The van der Waals surface area contributed by atoms with Crippen molar-refractivity contribution in [2.24, 2.45) is 11.3 Å². The van der Waals surface area contributed by atoms with Crippen LogP contribution in [-0.2, 0) is 9.53 Å². The molecule has 0 bridgehead atoms. The minimum absolute atomic E-state index is 0.102. The van der Waals surface area contributed by atoms with Gasteiger partial charge < -0.3 is 9.84 Å². The Morgan fingerprint density at radius 2 is 2.25 bits per heavy atom. The van der Waals surface area contributed by atoms with Crippen molar-refractivity contribution >= 4 is 5.97 Å². The maximum atomic E-state index is 11.3. The summed E-state index contributed by atoms with van der Waals surface area (Å²) in [4.78, 5) is 11.3. The van der Waals surface area contributed by atoms with Crippen LogP contribution in [0.15, 0.2) is 11.6 Å². The monoisotopic (exact) mass is 222 g/mol.